The minimum absolute atomic E-state index is 0.0922. The summed E-state index contributed by atoms with van der Waals surface area (Å²) in [6, 6.07) is 0.155. The summed E-state index contributed by atoms with van der Waals surface area (Å²) in [6.07, 6.45) is 3.75. The van der Waals surface area contributed by atoms with E-state index in [0.29, 0.717) is 13.2 Å². The molecule has 1 aromatic rings. The maximum Gasteiger partial charge on any atom is 0.227 e. The molecule has 1 aliphatic heterocycles. The minimum Gasteiger partial charge on any atom is -0.384 e. The van der Waals surface area contributed by atoms with Crippen molar-refractivity contribution in [2.75, 3.05) is 40.4 Å². The molecule has 0 bridgehead atoms. The molecule has 0 aliphatic carbocycles. The lowest BCUT2D eigenvalue weighted by atomic mass is 10.1. The molecule has 1 amide bonds. The maximum absolute atomic E-state index is 12.4. The monoisotopic (exact) mass is 280 g/mol. The number of amides is 1. The predicted octanol–water partition coefficient (Wildman–Crippen LogP) is 0.518. The number of methoxy groups -OCH3 is 1. The number of aromatic nitrogens is 2. The largest absolute Gasteiger partial charge is 0.384 e. The van der Waals surface area contributed by atoms with E-state index < -0.39 is 0 Å². The molecule has 6 nitrogen and oxygen atoms in total. The van der Waals surface area contributed by atoms with Crippen molar-refractivity contribution in [2.45, 2.75) is 13.0 Å². The standard InChI is InChI=1S/C14H24N4O2/c1-11(10-20-4)14(19)18-8-7-16(2)12(9-18)13-15-5-6-17(13)3/h5-6,11-12H,7-10H2,1-4H3/t11-,12-/m1/s1. The van der Waals surface area contributed by atoms with Gasteiger partial charge in [0, 0.05) is 46.2 Å². The first-order valence-corrected chi connectivity index (χ1v) is 6.99. The van der Waals surface area contributed by atoms with Gasteiger partial charge in [-0.2, -0.15) is 0 Å². The molecule has 1 fully saturated rings. The lowest BCUT2D eigenvalue weighted by Crippen LogP contribution is -2.51. The van der Waals surface area contributed by atoms with Gasteiger partial charge in [0.25, 0.3) is 0 Å². The van der Waals surface area contributed by atoms with Crippen LogP contribution in [0.2, 0.25) is 0 Å². The van der Waals surface area contributed by atoms with Gasteiger partial charge in [-0.3, -0.25) is 9.69 Å². The molecule has 6 heteroatoms. The maximum atomic E-state index is 12.4. The van der Waals surface area contributed by atoms with Crippen LogP contribution < -0.4 is 0 Å². The summed E-state index contributed by atoms with van der Waals surface area (Å²) in [5, 5.41) is 0. The Morgan fingerprint density at radius 2 is 2.25 bits per heavy atom. The number of imidazole rings is 1. The summed E-state index contributed by atoms with van der Waals surface area (Å²) in [5.41, 5.74) is 0. The summed E-state index contributed by atoms with van der Waals surface area (Å²) < 4.78 is 7.10. The highest BCUT2D eigenvalue weighted by Crippen LogP contribution is 2.23. The molecule has 2 rings (SSSR count). The molecule has 1 saturated heterocycles. The lowest BCUT2D eigenvalue weighted by molar-refractivity contribution is -0.139. The molecule has 0 aromatic carbocycles. The van der Waals surface area contributed by atoms with Gasteiger partial charge in [-0.15, -0.1) is 0 Å². The third-order valence-corrected chi connectivity index (χ3v) is 3.95. The topological polar surface area (TPSA) is 50.6 Å². The number of rotatable bonds is 4. The fourth-order valence-electron chi connectivity index (χ4n) is 2.68. The highest BCUT2D eigenvalue weighted by atomic mass is 16.5. The number of hydrogen-bond acceptors (Lipinski definition) is 4. The zero-order valence-corrected chi connectivity index (χ0v) is 12.7. The second-order valence-electron chi connectivity index (χ2n) is 5.53. The summed E-state index contributed by atoms with van der Waals surface area (Å²) in [7, 11) is 5.70. The van der Waals surface area contributed by atoms with Gasteiger partial charge in [0.05, 0.1) is 18.6 Å². The molecule has 1 aliphatic rings. The van der Waals surface area contributed by atoms with E-state index in [1.165, 1.54) is 0 Å². The quantitative estimate of drug-likeness (QED) is 0.807. The van der Waals surface area contributed by atoms with Crippen LogP contribution >= 0.6 is 0 Å². The van der Waals surface area contributed by atoms with Gasteiger partial charge in [0.2, 0.25) is 5.91 Å². The fraction of sp³-hybridized carbons (Fsp3) is 0.714. The fourth-order valence-corrected chi connectivity index (χ4v) is 2.68. The Labute approximate surface area is 120 Å². The third-order valence-electron chi connectivity index (χ3n) is 3.95. The Kier molecular flexibility index (Phi) is 4.77. The number of carbonyl (C=O) groups excluding carboxylic acids is 1. The molecule has 2 heterocycles. The van der Waals surface area contributed by atoms with Gasteiger partial charge in [0.15, 0.2) is 0 Å². The first kappa shape index (κ1) is 15.0. The van der Waals surface area contributed by atoms with Crippen LogP contribution in [-0.2, 0) is 16.6 Å². The third kappa shape index (κ3) is 3.02. The van der Waals surface area contributed by atoms with Crippen LogP contribution in [0.5, 0.6) is 0 Å². The van der Waals surface area contributed by atoms with E-state index in [4.69, 9.17) is 4.74 Å². The zero-order valence-electron chi connectivity index (χ0n) is 12.7. The lowest BCUT2D eigenvalue weighted by Gasteiger charge is -2.39. The Morgan fingerprint density at radius 3 is 2.85 bits per heavy atom. The van der Waals surface area contributed by atoms with Crippen molar-refractivity contribution >= 4 is 5.91 Å². The number of likely N-dealkylation sites (N-methyl/N-ethyl adjacent to an activating group) is 1. The van der Waals surface area contributed by atoms with Crippen LogP contribution in [0, 0.1) is 5.92 Å². The molecule has 112 valence electrons. The Balaban J connectivity index is 2.08. The predicted molar refractivity (Wildman–Crippen MR) is 76.2 cm³/mol. The van der Waals surface area contributed by atoms with Gasteiger partial charge in [-0.05, 0) is 7.05 Å². The van der Waals surface area contributed by atoms with E-state index in [1.807, 2.05) is 29.6 Å². The van der Waals surface area contributed by atoms with E-state index in [-0.39, 0.29) is 17.9 Å². The van der Waals surface area contributed by atoms with Gasteiger partial charge >= 0.3 is 0 Å². The normalized spacial score (nSPS) is 22.0. The zero-order chi connectivity index (χ0) is 14.7. The van der Waals surface area contributed by atoms with E-state index >= 15 is 0 Å². The SMILES string of the molecule is COC[C@@H](C)C(=O)N1CCN(C)[C@@H](c2nccn2C)C1. The van der Waals surface area contributed by atoms with Crippen molar-refractivity contribution < 1.29 is 9.53 Å². The average Bonchev–Trinajstić information content (AvgIpc) is 2.85. The van der Waals surface area contributed by atoms with Crippen molar-refractivity contribution in [3.05, 3.63) is 18.2 Å². The van der Waals surface area contributed by atoms with E-state index in [0.717, 1.165) is 18.9 Å². The average molecular weight is 280 g/mol. The smallest absolute Gasteiger partial charge is 0.227 e. The molecule has 0 radical (unpaired) electrons. The molecular formula is C14H24N4O2. The number of ether oxygens (including phenoxy) is 1. The molecule has 0 saturated carbocycles. The Bertz CT molecular complexity index is 460. The number of aryl methyl sites for hydroxylation is 1. The van der Waals surface area contributed by atoms with Crippen LogP contribution in [0.15, 0.2) is 12.4 Å². The van der Waals surface area contributed by atoms with Crippen LogP contribution in [0.1, 0.15) is 18.8 Å². The van der Waals surface area contributed by atoms with Crippen LogP contribution in [0.4, 0.5) is 0 Å². The summed E-state index contributed by atoms with van der Waals surface area (Å²) in [5.74, 6) is 1.08. The van der Waals surface area contributed by atoms with Crippen molar-refractivity contribution in [1.82, 2.24) is 19.4 Å². The van der Waals surface area contributed by atoms with Crippen molar-refractivity contribution in [3.8, 4) is 0 Å². The first-order valence-electron chi connectivity index (χ1n) is 6.99. The van der Waals surface area contributed by atoms with Crippen LogP contribution in [0.25, 0.3) is 0 Å². The number of piperazine rings is 1. The number of hydrogen-bond donors (Lipinski definition) is 0. The highest BCUT2D eigenvalue weighted by molar-refractivity contribution is 5.78. The highest BCUT2D eigenvalue weighted by Gasteiger charge is 2.32. The Hall–Kier alpha value is -1.40. The van der Waals surface area contributed by atoms with Crippen molar-refractivity contribution in [2.24, 2.45) is 13.0 Å². The van der Waals surface area contributed by atoms with Crippen LogP contribution in [0.3, 0.4) is 0 Å². The van der Waals surface area contributed by atoms with Crippen molar-refractivity contribution in [3.63, 3.8) is 0 Å². The van der Waals surface area contributed by atoms with Gasteiger partial charge in [-0.25, -0.2) is 4.98 Å². The minimum atomic E-state index is -0.0922. The molecule has 0 N–H and O–H groups in total. The van der Waals surface area contributed by atoms with E-state index in [2.05, 4.69) is 16.9 Å². The summed E-state index contributed by atoms with van der Waals surface area (Å²) in [4.78, 5) is 21.0. The number of carbonyl (C=O) groups is 1. The molecule has 0 unspecified atom stereocenters. The first-order chi connectivity index (χ1) is 9.54. The van der Waals surface area contributed by atoms with Crippen LogP contribution in [-0.4, -0.2) is 65.7 Å². The van der Waals surface area contributed by atoms with Gasteiger partial charge < -0.3 is 14.2 Å². The molecule has 20 heavy (non-hydrogen) atoms. The molecular weight excluding hydrogens is 256 g/mol. The molecule has 1 aromatic heterocycles. The number of nitrogens with zero attached hydrogens (tertiary/aromatic N) is 4. The van der Waals surface area contributed by atoms with E-state index in [9.17, 15) is 4.79 Å². The molecule has 0 spiro atoms. The second kappa shape index (κ2) is 6.37. The van der Waals surface area contributed by atoms with E-state index in [1.54, 1.807) is 13.3 Å². The summed E-state index contributed by atoms with van der Waals surface area (Å²) in [6.45, 7) is 4.71. The second-order valence-corrected chi connectivity index (χ2v) is 5.53. The van der Waals surface area contributed by atoms with Crippen molar-refractivity contribution in [1.29, 1.82) is 0 Å². The Morgan fingerprint density at radius 1 is 1.50 bits per heavy atom. The van der Waals surface area contributed by atoms with Gasteiger partial charge in [-0.1, -0.05) is 6.92 Å². The summed E-state index contributed by atoms with van der Waals surface area (Å²) >= 11 is 0. The molecule has 2 atom stereocenters. The van der Waals surface area contributed by atoms with Gasteiger partial charge in [0.1, 0.15) is 5.82 Å².